The van der Waals surface area contributed by atoms with Crippen LogP contribution in [0.3, 0.4) is 0 Å². The Morgan fingerprint density at radius 2 is 1.69 bits per heavy atom. The second-order valence-corrected chi connectivity index (χ2v) is 8.66. The number of amides is 1. The fraction of sp³-hybridized carbons (Fsp3) is 0.304. The minimum atomic E-state index is -5.37. The molecule has 0 unspecified atom stereocenters. The Bertz CT molecular complexity index is 1140. The van der Waals surface area contributed by atoms with Gasteiger partial charge in [0.25, 0.3) is 0 Å². The maximum atomic E-state index is 14.0. The van der Waals surface area contributed by atoms with Crippen LogP contribution >= 0.6 is 11.8 Å². The minimum absolute atomic E-state index is 0.162. The third-order valence-electron chi connectivity index (χ3n) is 5.00. The molecule has 3 rings (SSSR count). The zero-order valence-electron chi connectivity index (χ0n) is 18.4. The predicted octanol–water partition coefficient (Wildman–Crippen LogP) is 5.24. The number of carboxylic acids is 1. The number of ether oxygens (including phenoxy) is 1. The van der Waals surface area contributed by atoms with E-state index in [4.69, 9.17) is 9.84 Å². The van der Waals surface area contributed by atoms with Crippen molar-refractivity contribution >= 4 is 35.4 Å². The van der Waals surface area contributed by atoms with Gasteiger partial charge < -0.3 is 20.1 Å². The number of benzene rings is 2. The number of aliphatic carboxylic acids is 1. The van der Waals surface area contributed by atoms with Gasteiger partial charge in [-0.1, -0.05) is 23.9 Å². The molecule has 1 aliphatic heterocycles. The first-order chi connectivity index (χ1) is 16.9. The van der Waals surface area contributed by atoms with Crippen LogP contribution in [0, 0.1) is 0 Å². The summed E-state index contributed by atoms with van der Waals surface area (Å²) in [5, 5.41) is 11.3. The molecule has 1 amide bonds. The first-order valence-electron chi connectivity index (χ1n) is 10.5. The summed E-state index contributed by atoms with van der Waals surface area (Å²) >= 11 is 0.455. The normalized spacial score (nSPS) is 14.8. The van der Waals surface area contributed by atoms with Crippen LogP contribution in [0.15, 0.2) is 52.3 Å². The van der Waals surface area contributed by atoms with Gasteiger partial charge in [-0.25, -0.2) is 0 Å². The Morgan fingerprint density at radius 1 is 1.03 bits per heavy atom. The molecule has 0 saturated carbocycles. The van der Waals surface area contributed by atoms with E-state index in [9.17, 15) is 35.9 Å². The SMILES string of the molecule is O=C(O)CNc1cccc(Sc2ccc(/C=C/C(=O)N3CCOCC3)c(C(F)(F)F)c2C(F)(F)F)c1. The van der Waals surface area contributed by atoms with E-state index < -0.39 is 52.4 Å². The molecule has 0 aromatic heterocycles. The maximum absolute atomic E-state index is 14.0. The molecule has 0 bridgehead atoms. The van der Waals surface area contributed by atoms with Crippen LogP contribution in [0.25, 0.3) is 6.08 Å². The Hall–Kier alpha value is -3.19. The molecule has 6 nitrogen and oxygen atoms in total. The number of carboxylic acid groups (broad SMARTS) is 1. The topological polar surface area (TPSA) is 78.9 Å². The van der Waals surface area contributed by atoms with Crippen molar-refractivity contribution in [3.8, 4) is 0 Å². The van der Waals surface area contributed by atoms with E-state index in [2.05, 4.69) is 5.32 Å². The van der Waals surface area contributed by atoms with Crippen LogP contribution in [0.1, 0.15) is 16.7 Å². The lowest BCUT2D eigenvalue weighted by Gasteiger charge is -2.25. The summed E-state index contributed by atoms with van der Waals surface area (Å²) in [4.78, 5) is 23.8. The largest absolute Gasteiger partial charge is 0.480 e. The Morgan fingerprint density at radius 3 is 2.31 bits per heavy atom. The average molecular weight is 534 g/mol. The van der Waals surface area contributed by atoms with E-state index in [1.807, 2.05) is 0 Å². The van der Waals surface area contributed by atoms with Crippen LogP contribution in [0.5, 0.6) is 0 Å². The molecule has 194 valence electrons. The molecule has 1 saturated heterocycles. The lowest BCUT2D eigenvalue weighted by Crippen LogP contribution is -2.39. The van der Waals surface area contributed by atoms with Crippen LogP contribution in [0.4, 0.5) is 32.0 Å². The predicted molar refractivity (Wildman–Crippen MR) is 120 cm³/mol. The number of carbonyl (C=O) groups excluding carboxylic acids is 1. The molecule has 0 radical (unpaired) electrons. The van der Waals surface area contributed by atoms with Gasteiger partial charge in [0.1, 0.15) is 6.54 Å². The standard InChI is InChI=1S/C23H20F6N2O4S/c24-22(25,26)20-14(5-7-18(32)31-8-10-35-11-9-31)4-6-17(21(20)23(27,28)29)36-16-3-1-2-15(12-16)30-13-19(33)34/h1-7,12,30H,8-11,13H2,(H,33,34)/b7-5+. The highest BCUT2D eigenvalue weighted by Gasteiger charge is 2.46. The van der Waals surface area contributed by atoms with Gasteiger partial charge in [0.15, 0.2) is 0 Å². The van der Waals surface area contributed by atoms with Crippen LogP contribution in [-0.2, 0) is 26.7 Å². The van der Waals surface area contributed by atoms with E-state index in [0.29, 0.717) is 11.8 Å². The van der Waals surface area contributed by atoms with Crippen molar-refractivity contribution in [2.45, 2.75) is 22.1 Å². The van der Waals surface area contributed by atoms with Crippen LogP contribution < -0.4 is 5.32 Å². The Kier molecular flexibility index (Phi) is 8.56. The summed E-state index contributed by atoms with van der Waals surface area (Å²) in [6, 6.07) is 7.42. The van der Waals surface area contributed by atoms with E-state index in [0.717, 1.165) is 24.3 Å². The van der Waals surface area contributed by atoms with E-state index in [-0.39, 0.29) is 36.9 Å². The molecule has 2 aromatic carbocycles. The van der Waals surface area contributed by atoms with Gasteiger partial charge in [-0.05, 0) is 35.9 Å². The molecule has 36 heavy (non-hydrogen) atoms. The number of hydrogen-bond donors (Lipinski definition) is 2. The average Bonchev–Trinajstić information content (AvgIpc) is 2.81. The summed E-state index contributed by atoms with van der Waals surface area (Å²) in [6.45, 7) is 0.498. The smallest absolute Gasteiger partial charge is 0.418 e. The highest BCUT2D eigenvalue weighted by Crippen LogP contribution is 2.48. The lowest BCUT2D eigenvalue weighted by atomic mass is 9.99. The lowest BCUT2D eigenvalue weighted by molar-refractivity contribution is -0.163. The third kappa shape index (κ3) is 7.17. The van der Waals surface area contributed by atoms with Gasteiger partial charge in [-0.3, -0.25) is 9.59 Å². The van der Waals surface area contributed by atoms with E-state index in [1.54, 1.807) is 0 Å². The van der Waals surface area contributed by atoms with E-state index >= 15 is 0 Å². The zero-order valence-corrected chi connectivity index (χ0v) is 19.3. The minimum Gasteiger partial charge on any atom is -0.480 e. The maximum Gasteiger partial charge on any atom is 0.418 e. The molecule has 0 spiro atoms. The zero-order chi connectivity index (χ0) is 26.5. The number of anilines is 1. The highest BCUT2D eigenvalue weighted by molar-refractivity contribution is 7.99. The van der Waals surface area contributed by atoms with Crippen molar-refractivity contribution < 1.29 is 45.8 Å². The number of halogens is 6. The summed E-state index contributed by atoms with van der Waals surface area (Å²) in [7, 11) is 0. The van der Waals surface area contributed by atoms with Crippen molar-refractivity contribution in [2.24, 2.45) is 0 Å². The first-order valence-corrected chi connectivity index (χ1v) is 11.3. The molecule has 1 fully saturated rings. The monoisotopic (exact) mass is 534 g/mol. The second kappa shape index (κ2) is 11.2. The molecular formula is C23H20F6N2O4S. The van der Waals surface area contributed by atoms with Crippen molar-refractivity contribution in [3.63, 3.8) is 0 Å². The molecule has 2 aromatic rings. The fourth-order valence-electron chi connectivity index (χ4n) is 3.43. The molecule has 0 atom stereocenters. The molecule has 2 N–H and O–H groups in total. The summed E-state index contributed by atoms with van der Waals surface area (Å²) < 4.78 is 89.0. The quantitative estimate of drug-likeness (QED) is 0.374. The molecule has 0 aliphatic carbocycles. The first kappa shape index (κ1) is 27.4. The van der Waals surface area contributed by atoms with Crippen molar-refractivity contribution in [3.05, 3.63) is 59.2 Å². The van der Waals surface area contributed by atoms with Crippen molar-refractivity contribution in [2.75, 3.05) is 38.2 Å². The van der Waals surface area contributed by atoms with Gasteiger partial charge in [-0.15, -0.1) is 0 Å². The summed E-state index contributed by atoms with van der Waals surface area (Å²) in [5.74, 6) is -1.80. The molecule has 13 heteroatoms. The third-order valence-corrected chi connectivity index (χ3v) is 6.05. The molecule has 1 heterocycles. The number of rotatable bonds is 7. The van der Waals surface area contributed by atoms with Gasteiger partial charge in [0, 0.05) is 34.6 Å². The molecule has 1 aliphatic rings. The Balaban J connectivity index is 2.01. The number of alkyl halides is 6. The van der Waals surface area contributed by atoms with Crippen molar-refractivity contribution in [1.29, 1.82) is 0 Å². The fourth-order valence-corrected chi connectivity index (χ4v) is 4.48. The summed E-state index contributed by atoms with van der Waals surface area (Å²) in [5.41, 5.74) is -4.29. The van der Waals surface area contributed by atoms with Gasteiger partial charge >= 0.3 is 18.3 Å². The van der Waals surface area contributed by atoms with Crippen LogP contribution in [0.2, 0.25) is 0 Å². The second-order valence-electron chi connectivity index (χ2n) is 7.55. The number of nitrogens with zero attached hydrogens (tertiary/aromatic N) is 1. The number of morpholine rings is 1. The number of carbonyl (C=O) groups is 2. The number of hydrogen-bond acceptors (Lipinski definition) is 5. The number of nitrogens with one attached hydrogen (secondary N) is 1. The van der Waals surface area contributed by atoms with Gasteiger partial charge in [0.2, 0.25) is 5.91 Å². The van der Waals surface area contributed by atoms with Crippen molar-refractivity contribution in [1.82, 2.24) is 4.90 Å². The molecular weight excluding hydrogens is 514 g/mol. The highest BCUT2D eigenvalue weighted by atomic mass is 32.2. The summed E-state index contributed by atoms with van der Waals surface area (Å²) in [6.07, 6.45) is -9.17. The Labute approximate surface area is 205 Å². The van der Waals surface area contributed by atoms with Gasteiger partial charge in [0.05, 0.1) is 24.3 Å². The van der Waals surface area contributed by atoms with E-state index in [1.165, 1.54) is 29.2 Å². The van der Waals surface area contributed by atoms with Crippen LogP contribution in [-0.4, -0.2) is 54.7 Å². The van der Waals surface area contributed by atoms with Gasteiger partial charge in [-0.2, -0.15) is 26.3 Å².